The fourth-order valence-corrected chi connectivity index (χ4v) is 10.4. The lowest BCUT2D eigenvalue weighted by Crippen LogP contribution is -2.46. The summed E-state index contributed by atoms with van der Waals surface area (Å²) in [4.78, 5) is 129. The molecule has 0 saturated heterocycles. The molecule has 0 aromatic heterocycles. The van der Waals surface area contributed by atoms with E-state index in [0.29, 0.717) is 52.6 Å². The van der Waals surface area contributed by atoms with Crippen LogP contribution >= 0.6 is 0 Å². The topological polar surface area (TPSA) is 402 Å². The van der Waals surface area contributed by atoms with E-state index in [1.807, 2.05) is 26.5 Å². The van der Waals surface area contributed by atoms with E-state index in [1.165, 1.54) is 72.8 Å². The molecule has 31 nitrogen and oxygen atoms in total. The molecule has 8 bridgehead atoms. The summed E-state index contributed by atoms with van der Waals surface area (Å²) in [5.41, 5.74) is -1.89. The fourth-order valence-electron chi connectivity index (χ4n) is 10.4. The largest absolute Gasteiger partial charge is 0.506 e. The van der Waals surface area contributed by atoms with Crippen molar-refractivity contribution in [1.82, 2.24) is 67.5 Å². The summed E-state index contributed by atoms with van der Waals surface area (Å²) in [6.45, 7) is 13.4. The number of carbonyl (C=O) groups excluding carboxylic acids is 9. The van der Waals surface area contributed by atoms with Gasteiger partial charge >= 0.3 is 6.09 Å². The van der Waals surface area contributed by atoms with Gasteiger partial charge in [-0.15, -0.1) is 0 Å². The summed E-state index contributed by atoms with van der Waals surface area (Å²) >= 11 is 0. The molecule has 4 aromatic rings. The van der Waals surface area contributed by atoms with Gasteiger partial charge in [0.1, 0.15) is 28.6 Å². The van der Waals surface area contributed by atoms with Crippen molar-refractivity contribution in [2.45, 2.75) is 39.7 Å². The number of phenolic OH excluding ortho intramolecular Hbond substituents is 4. The summed E-state index contributed by atoms with van der Waals surface area (Å²) in [6.07, 6.45) is 0.319. The van der Waals surface area contributed by atoms with Crippen molar-refractivity contribution in [2.24, 2.45) is 0 Å². The van der Waals surface area contributed by atoms with Crippen LogP contribution in [0, 0.1) is 0 Å². The molecule has 13 N–H and O–H groups in total. The van der Waals surface area contributed by atoms with Gasteiger partial charge in [-0.3, -0.25) is 58.0 Å². The molecule has 0 radical (unpaired) electrons. The zero-order valence-electron chi connectivity index (χ0n) is 56.9. The number of nitrogens with one attached hydrogen (secondary N) is 9. The zero-order valence-corrected chi connectivity index (χ0v) is 56.9. The van der Waals surface area contributed by atoms with Gasteiger partial charge in [0.25, 0.3) is 47.3 Å². The van der Waals surface area contributed by atoms with Gasteiger partial charge < -0.3 is 92.0 Å². The lowest BCUT2D eigenvalue weighted by molar-refractivity contribution is 0.0346. The first kappa shape index (κ1) is 78.8. The number of benzene rings is 4. The van der Waals surface area contributed by atoms with Gasteiger partial charge in [0, 0.05) is 144 Å². The number of hydrogen-bond acceptors (Lipinski definition) is 22. The molecule has 2 aliphatic heterocycles. The van der Waals surface area contributed by atoms with Gasteiger partial charge in [-0.25, -0.2) is 4.79 Å². The third kappa shape index (κ3) is 26.9. The van der Waals surface area contributed by atoms with Crippen molar-refractivity contribution in [1.29, 1.82) is 0 Å². The van der Waals surface area contributed by atoms with Gasteiger partial charge in [-0.2, -0.15) is 0 Å². The van der Waals surface area contributed by atoms with Gasteiger partial charge in [0.2, 0.25) is 0 Å². The number of amides is 9. The molecule has 2 heterocycles. The molecule has 6 rings (SSSR count). The molecule has 0 atom stereocenters. The molecule has 9 amide bonds. The molecule has 0 unspecified atom stereocenters. The molecule has 4 aromatic carbocycles. The maximum atomic E-state index is 13.8. The summed E-state index contributed by atoms with van der Waals surface area (Å²) < 4.78 is 27.8. The van der Waals surface area contributed by atoms with Crippen LogP contribution < -0.4 is 47.9 Å². The van der Waals surface area contributed by atoms with Crippen molar-refractivity contribution in [3.8, 4) is 23.0 Å². The van der Waals surface area contributed by atoms with Crippen LogP contribution in [0.5, 0.6) is 23.0 Å². The van der Waals surface area contributed by atoms with E-state index in [-0.39, 0.29) is 182 Å². The molecule has 31 heteroatoms. The van der Waals surface area contributed by atoms with Crippen LogP contribution in [0.3, 0.4) is 0 Å². The van der Waals surface area contributed by atoms with E-state index in [9.17, 15) is 63.6 Å². The Morgan fingerprint density at radius 3 is 0.818 bits per heavy atom. The Hall–Kier alpha value is -9.21. The van der Waals surface area contributed by atoms with Gasteiger partial charge in [0.05, 0.1) is 90.8 Å². The minimum atomic E-state index is -0.693. The third-order valence-corrected chi connectivity index (χ3v) is 15.7. The molecule has 542 valence electrons. The Kier molecular flexibility index (Phi) is 33.3. The Balaban J connectivity index is 1.14. The number of fused-ring (bicyclic) bond motifs is 8. The predicted octanol–water partition coefficient (Wildman–Crippen LogP) is 0.684. The highest BCUT2D eigenvalue weighted by Crippen LogP contribution is 2.26. The second kappa shape index (κ2) is 41.9. The van der Waals surface area contributed by atoms with Gasteiger partial charge in [-0.05, 0) is 75.7 Å². The fraction of sp³-hybridized carbons (Fsp3) is 0.515. The first-order valence-corrected chi connectivity index (χ1v) is 33.4. The second-order valence-electron chi connectivity index (χ2n) is 24.1. The predicted molar refractivity (Wildman–Crippen MR) is 365 cm³/mol. The number of nitrogens with zero attached hydrogens (tertiary/aromatic N) is 4. The normalized spacial score (nSPS) is 16.8. The Morgan fingerprint density at radius 2 is 0.586 bits per heavy atom. The number of para-hydroxylation sites is 4. The van der Waals surface area contributed by atoms with E-state index in [4.69, 9.17) is 23.7 Å². The summed E-state index contributed by atoms with van der Waals surface area (Å²) in [6, 6.07) is 16.9. The van der Waals surface area contributed by atoms with Crippen LogP contribution in [0.4, 0.5) is 4.79 Å². The van der Waals surface area contributed by atoms with Crippen molar-refractivity contribution >= 4 is 53.4 Å². The summed E-state index contributed by atoms with van der Waals surface area (Å²) in [5, 5.41) is 70.3. The van der Waals surface area contributed by atoms with E-state index in [2.05, 4.69) is 47.9 Å². The van der Waals surface area contributed by atoms with Crippen LogP contribution in [-0.4, -0.2) is 289 Å². The van der Waals surface area contributed by atoms with Gasteiger partial charge in [0.15, 0.2) is 0 Å². The highest BCUT2D eigenvalue weighted by atomic mass is 16.6. The molecule has 0 spiro atoms. The van der Waals surface area contributed by atoms with Crippen LogP contribution in [0.1, 0.15) is 117 Å². The van der Waals surface area contributed by atoms with Crippen molar-refractivity contribution < 1.29 is 87.3 Å². The van der Waals surface area contributed by atoms with Crippen LogP contribution in [-0.2, 0) is 23.7 Å². The van der Waals surface area contributed by atoms with Crippen LogP contribution in [0.2, 0.25) is 0 Å². The molecule has 0 saturated carbocycles. The maximum absolute atomic E-state index is 13.8. The Bertz CT molecular complexity index is 3150. The van der Waals surface area contributed by atoms with Crippen LogP contribution in [0.25, 0.3) is 0 Å². The smallest absolute Gasteiger partial charge is 0.407 e. The minimum absolute atomic E-state index is 0.00826. The standard InChI is InChI=1S/C68H97N13O18/c1-5-39-95-43-45-97-41-37-80-31-22-73-63(90)51-14-6-10-47(55(51)82)59(86)69-18-27-78(28-19-70-60(87)48-11-7-15-52(56(48)83)64(91)74-23-32-80)35-36-79-29-20-71-61(88)49-12-8-16-53(57(49)84)65(92)75-24-33-81(38-42-98-46-44-96-40-26-77-67(94)99-68(2,3)4)34-25-76-66(93)54-17-9-13-50(58(54)85)62(89)72-21-30-79/h6-17,82-85H,5,18-46H2,1-4H3,(H,69,86)(H,70,87)(H,71,88)(H,72,89)(H,73,90)(H,74,91)(H,75,92)(H,76,93)(H,77,94). The number of carbonyl (C=O) groups is 9. The maximum Gasteiger partial charge on any atom is 0.407 e. The van der Waals surface area contributed by atoms with E-state index >= 15 is 0 Å². The number of ether oxygens (including phenoxy) is 5. The summed E-state index contributed by atoms with van der Waals surface area (Å²) in [7, 11) is 0. The lowest BCUT2D eigenvalue weighted by Gasteiger charge is -2.28. The van der Waals surface area contributed by atoms with E-state index < -0.39 is 81.9 Å². The quantitative estimate of drug-likeness (QED) is 0.0541. The molecule has 0 fully saturated rings. The first-order valence-electron chi connectivity index (χ1n) is 33.4. The molecule has 2 aliphatic rings. The first-order chi connectivity index (χ1) is 47.6. The average Bonchev–Trinajstić information content (AvgIpc) is 0.877. The molecule has 99 heavy (non-hydrogen) atoms. The van der Waals surface area contributed by atoms with Crippen molar-refractivity contribution in [2.75, 3.05) is 190 Å². The number of hydrogen-bond donors (Lipinski definition) is 13. The third-order valence-electron chi connectivity index (χ3n) is 15.7. The molecular weight excluding hydrogens is 1290 g/mol. The highest BCUT2D eigenvalue weighted by molar-refractivity contribution is 6.06. The molecule has 0 aliphatic carbocycles. The average molecular weight is 1380 g/mol. The Morgan fingerprint density at radius 1 is 0.364 bits per heavy atom. The lowest BCUT2D eigenvalue weighted by atomic mass is 10.1. The summed E-state index contributed by atoms with van der Waals surface area (Å²) in [5.74, 6) is -7.52. The number of phenols is 4. The SMILES string of the molecule is CCCOCCOCCN1CCNC(=O)c2cccc(c2O)C(=O)NCCN(CCN2CCNC(=O)c3cccc(c3O)C(=O)NCCN(CCOCCOCCNC(=O)OC(C)(C)C)CCNC(=O)c3cccc(c3O)C(=O)NCC2)CCNC(=O)c2cccc(c2O)C(=O)NCC1. The minimum Gasteiger partial charge on any atom is -0.506 e. The van der Waals surface area contributed by atoms with E-state index in [1.54, 1.807) is 20.8 Å². The second-order valence-corrected chi connectivity index (χ2v) is 24.1. The Labute approximate surface area is 576 Å². The van der Waals surface area contributed by atoms with E-state index in [0.717, 1.165) is 6.42 Å². The number of aromatic hydroxyl groups is 4. The van der Waals surface area contributed by atoms with Gasteiger partial charge in [-0.1, -0.05) is 31.2 Å². The number of rotatable bonds is 20. The molecular formula is C68H97N13O18. The van der Waals surface area contributed by atoms with Crippen LogP contribution in [0.15, 0.2) is 72.8 Å². The van der Waals surface area contributed by atoms with Crippen molar-refractivity contribution in [3.63, 3.8) is 0 Å². The van der Waals surface area contributed by atoms with Crippen molar-refractivity contribution in [3.05, 3.63) is 117 Å². The highest BCUT2D eigenvalue weighted by Gasteiger charge is 2.25. The number of alkyl carbamates (subject to hydrolysis) is 1. The zero-order chi connectivity index (χ0) is 71.5. The monoisotopic (exact) mass is 1380 g/mol.